The standard InChI is InChI=1S/C15H17NO5/c1-19-15(18)11-4-2-3-7-16(11)14(17)10-5-6-12-13(8-10)21-9-20-12/h5-6,8,11H,2-4,7,9H2,1H3. The molecule has 0 aliphatic carbocycles. The number of methoxy groups -OCH3 is 1. The minimum absolute atomic E-state index is 0.168. The van der Waals surface area contributed by atoms with Crippen LogP contribution in [-0.2, 0) is 9.53 Å². The van der Waals surface area contributed by atoms with E-state index in [2.05, 4.69) is 0 Å². The molecule has 1 aromatic carbocycles. The molecule has 0 aromatic heterocycles. The lowest BCUT2D eigenvalue weighted by Crippen LogP contribution is -2.48. The molecule has 3 rings (SSSR count). The van der Waals surface area contributed by atoms with E-state index in [4.69, 9.17) is 14.2 Å². The maximum atomic E-state index is 12.7. The Hall–Kier alpha value is -2.24. The highest BCUT2D eigenvalue weighted by molar-refractivity contribution is 5.97. The van der Waals surface area contributed by atoms with E-state index in [9.17, 15) is 9.59 Å². The Morgan fingerprint density at radius 2 is 2.05 bits per heavy atom. The van der Waals surface area contributed by atoms with E-state index in [1.54, 1.807) is 23.1 Å². The number of fused-ring (bicyclic) bond motifs is 1. The summed E-state index contributed by atoms with van der Waals surface area (Å²) < 4.78 is 15.3. The average molecular weight is 291 g/mol. The number of hydrogen-bond acceptors (Lipinski definition) is 5. The van der Waals surface area contributed by atoms with Gasteiger partial charge in [-0.1, -0.05) is 0 Å². The Kier molecular flexibility index (Phi) is 3.68. The smallest absolute Gasteiger partial charge is 0.328 e. The van der Waals surface area contributed by atoms with Crippen molar-refractivity contribution in [2.45, 2.75) is 25.3 Å². The number of likely N-dealkylation sites (tertiary alicyclic amines) is 1. The quantitative estimate of drug-likeness (QED) is 0.774. The molecule has 2 heterocycles. The maximum Gasteiger partial charge on any atom is 0.328 e. The summed E-state index contributed by atoms with van der Waals surface area (Å²) in [5, 5.41) is 0. The molecule has 21 heavy (non-hydrogen) atoms. The zero-order chi connectivity index (χ0) is 14.8. The molecule has 0 saturated carbocycles. The molecule has 0 bridgehead atoms. The van der Waals surface area contributed by atoms with Gasteiger partial charge < -0.3 is 19.1 Å². The van der Waals surface area contributed by atoms with Gasteiger partial charge in [0.05, 0.1) is 7.11 Å². The minimum atomic E-state index is -0.498. The molecule has 0 radical (unpaired) electrons. The first-order chi connectivity index (χ1) is 10.2. The summed E-state index contributed by atoms with van der Waals surface area (Å²) in [6, 6.07) is 4.57. The Balaban J connectivity index is 1.84. The van der Waals surface area contributed by atoms with Gasteiger partial charge in [-0.2, -0.15) is 0 Å². The van der Waals surface area contributed by atoms with Gasteiger partial charge in [0.2, 0.25) is 6.79 Å². The Labute approximate surface area is 122 Å². The molecule has 0 spiro atoms. The van der Waals surface area contributed by atoms with Gasteiger partial charge in [0.15, 0.2) is 11.5 Å². The topological polar surface area (TPSA) is 65.1 Å². The van der Waals surface area contributed by atoms with Gasteiger partial charge in [0.25, 0.3) is 5.91 Å². The van der Waals surface area contributed by atoms with Crippen molar-refractivity contribution >= 4 is 11.9 Å². The molecule has 6 nitrogen and oxygen atoms in total. The molecule has 1 fully saturated rings. The van der Waals surface area contributed by atoms with Crippen LogP contribution < -0.4 is 9.47 Å². The molecular formula is C15H17NO5. The summed E-state index contributed by atoms with van der Waals surface area (Å²) in [6.45, 7) is 0.731. The van der Waals surface area contributed by atoms with Crippen LogP contribution in [0.4, 0.5) is 0 Å². The van der Waals surface area contributed by atoms with E-state index in [1.165, 1.54) is 7.11 Å². The SMILES string of the molecule is COC(=O)C1CCCCN1C(=O)c1ccc2c(c1)OCO2. The number of hydrogen-bond donors (Lipinski definition) is 0. The number of piperidine rings is 1. The van der Waals surface area contributed by atoms with Crippen LogP contribution in [0.1, 0.15) is 29.6 Å². The first-order valence-electron chi connectivity index (χ1n) is 6.99. The van der Waals surface area contributed by atoms with Crippen molar-refractivity contribution in [3.63, 3.8) is 0 Å². The number of ether oxygens (including phenoxy) is 3. The summed E-state index contributed by atoms with van der Waals surface area (Å²) in [4.78, 5) is 26.1. The molecule has 1 aromatic rings. The van der Waals surface area contributed by atoms with Crippen LogP contribution in [0.3, 0.4) is 0 Å². The number of nitrogens with zero attached hydrogens (tertiary/aromatic N) is 1. The molecule has 6 heteroatoms. The molecule has 2 aliphatic rings. The second-order valence-electron chi connectivity index (χ2n) is 5.10. The van der Waals surface area contributed by atoms with Crippen molar-refractivity contribution in [1.29, 1.82) is 0 Å². The lowest BCUT2D eigenvalue weighted by atomic mass is 10.0. The van der Waals surface area contributed by atoms with Gasteiger partial charge in [-0.05, 0) is 37.5 Å². The summed E-state index contributed by atoms with van der Waals surface area (Å²) in [5.41, 5.74) is 0.495. The van der Waals surface area contributed by atoms with Gasteiger partial charge in [0.1, 0.15) is 6.04 Å². The van der Waals surface area contributed by atoms with Crippen LogP contribution in [0.5, 0.6) is 11.5 Å². The molecular weight excluding hydrogens is 274 g/mol. The Morgan fingerprint density at radius 1 is 1.24 bits per heavy atom. The molecule has 0 N–H and O–H groups in total. The van der Waals surface area contributed by atoms with Crippen LogP contribution >= 0.6 is 0 Å². The van der Waals surface area contributed by atoms with E-state index in [0.717, 1.165) is 12.8 Å². The fourth-order valence-electron chi connectivity index (χ4n) is 2.75. The third-order valence-corrected chi connectivity index (χ3v) is 3.86. The second kappa shape index (κ2) is 5.63. The average Bonchev–Trinajstić information content (AvgIpc) is 3.01. The maximum absolute atomic E-state index is 12.7. The molecule has 1 saturated heterocycles. The first kappa shape index (κ1) is 13.7. The highest BCUT2D eigenvalue weighted by Gasteiger charge is 2.33. The van der Waals surface area contributed by atoms with Gasteiger partial charge in [0, 0.05) is 12.1 Å². The van der Waals surface area contributed by atoms with Crippen LogP contribution in [0.2, 0.25) is 0 Å². The summed E-state index contributed by atoms with van der Waals surface area (Å²) in [6.07, 6.45) is 2.46. The second-order valence-corrected chi connectivity index (χ2v) is 5.10. The van der Waals surface area contributed by atoms with Crippen molar-refractivity contribution in [1.82, 2.24) is 4.90 Å². The van der Waals surface area contributed by atoms with Gasteiger partial charge in [-0.3, -0.25) is 4.79 Å². The third-order valence-electron chi connectivity index (χ3n) is 3.86. The third kappa shape index (κ3) is 2.53. The van der Waals surface area contributed by atoms with Crippen molar-refractivity contribution in [3.05, 3.63) is 23.8 Å². The highest BCUT2D eigenvalue weighted by Crippen LogP contribution is 2.33. The van der Waals surface area contributed by atoms with E-state index >= 15 is 0 Å². The summed E-state index contributed by atoms with van der Waals surface area (Å²) in [5.74, 6) is 0.661. The zero-order valence-electron chi connectivity index (χ0n) is 11.8. The Bertz CT molecular complexity index is 571. The molecule has 1 amide bonds. The van der Waals surface area contributed by atoms with Crippen LogP contribution in [0.15, 0.2) is 18.2 Å². The van der Waals surface area contributed by atoms with E-state index in [-0.39, 0.29) is 18.7 Å². The number of esters is 1. The molecule has 1 atom stereocenters. The number of carbonyl (C=O) groups is 2. The van der Waals surface area contributed by atoms with E-state index in [0.29, 0.717) is 30.0 Å². The van der Waals surface area contributed by atoms with Crippen molar-refractivity contribution in [2.24, 2.45) is 0 Å². The predicted octanol–water partition coefficient (Wildman–Crippen LogP) is 1.58. The van der Waals surface area contributed by atoms with Crippen molar-refractivity contribution < 1.29 is 23.8 Å². The van der Waals surface area contributed by atoms with Crippen molar-refractivity contribution in [3.8, 4) is 11.5 Å². The first-order valence-corrected chi connectivity index (χ1v) is 6.99. The molecule has 112 valence electrons. The van der Waals surface area contributed by atoms with Crippen LogP contribution in [0, 0.1) is 0 Å². The van der Waals surface area contributed by atoms with Gasteiger partial charge in [-0.15, -0.1) is 0 Å². The fraction of sp³-hybridized carbons (Fsp3) is 0.467. The number of benzene rings is 1. The minimum Gasteiger partial charge on any atom is -0.467 e. The van der Waals surface area contributed by atoms with Crippen molar-refractivity contribution in [2.75, 3.05) is 20.4 Å². The summed E-state index contributed by atoms with van der Waals surface area (Å²) >= 11 is 0. The molecule has 1 unspecified atom stereocenters. The van der Waals surface area contributed by atoms with E-state index < -0.39 is 6.04 Å². The highest BCUT2D eigenvalue weighted by atomic mass is 16.7. The largest absolute Gasteiger partial charge is 0.467 e. The van der Waals surface area contributed by atoms with Crippen LogP contribution in [0.25, 0.3) is 0 Å². The lowest BCUT2D eigenvalue weighted by Gasteiger charge is -2.33. The monoisotopic (exact) mass is 291 g/mol. The van der Waals surface area contributed by atoms with E-state index in [1.807, 2.05) is 0 Å². The lowest BCUT2D eigenvalue weighted by molar-refractivity contribution is -0.147. The fourth-order valence-corrected chi connectivity index (χ4v) is 2.75. The normalized spacial score (nSPS) is 20.2. The number of carbonyl (C=O) groups excluding carboxylic acids is 2. The summed E-state index contributed by atoms with van der Waals surface area (Å²) in [7, 11) is 1.35. The van der Waals surface area contributed by atoms with Gasteiger partial charge >= 0.3 is 5.97 Å². The number of rotatable bonds is 2. The zero-order valence-corrected chi connectivity index (χ0v) is 11.8. The Morgan fingerprint density at radius 3 is 2.86 bits per heavy atom. The van der Waals surface area contributed by atoms with Gasteiger partial charge in [-0.25, -0.2) is 4.79 Å². The number of amides is 1. The van der Waals surface area contributed by atoms with Crippen LogP contribution in [-0.4, -0.2) is 43.3 Å². The molecule has 2 aliphatic heterocycles. The predicted molar refractivity (Wildman–Crippen MR) is 73.3 cm³/mol.